The lowest BCUT2D eigenvalue weighted by atomic mass is 9.92. The highest BCUT2D eigenvalue weighted by molar-refractivity contribution is 5.85. The molecule has 0 aliphatic carbocycles. The molecule has 0 fully saturated rings. The number of ketones is 1. The Morgan fingerprint density at radius 1 is 1.31 bits per heavy atom. The van der Waals surface area contributed by atoms with Crippen LogP contribution < -0.4 is 5.32 Å². The Kier molecular flexibility index (Phi) is 4.07. The highest BCUT2D eigenvalue weighted by atomic mass is 16.3. The van der Waals surface area contributed by atoms with Gasteiger partial charge < -0.3 is 10.4 Å². The summed E-state index contributed by atoms with van der Waals surface area (Å²) in [7, 11) is 0. The van der Waals surface area contributed by atoms with Gasteiger partial charge in [-0.3, -0.25) is 4.79 Å². The van der Waals surface area contributed by atoms with E-state index in [-0.39, 0.29) is 17.8 Å². The number of Topliss-reactive ketones (excluding diaryl/α,β-unsaturated/α-hetero) is 1. The van der Waals surface area contributed by atoms with E-state index in [1.165, 1.54) is 6.92 Å². The molecule has 0 rings (SSSR count). The van der Waals surface area contributed by atoms with Crippen LogP contribution in [0.4, 0.5) is 0 Å². The molecule has 0 aliphatic heterocycles. The first-order chi connectivity index (χ1) is 5.71. The zero-order valence-electron chi connectivity index (χ0n) is 9.27. The summed E-state index contributed by atoms with van der Waals surface area (Å²) in [6, 6.07) is 0. The summed E-state index contributed by atoms with van der Waals surface area (Å²) in [6.07, 6.45) is 0. The van der Waals surface area contributed by atoms with Gasteiger partial charge in [0.1, 0.15) is 0 Å². The lowest BCUT2D eigenvalue weighted by Crippen LogP contribution is -2.53. The molecule has 0 heterocycles. The third kappa shape index (κ3) is 4.39. The molecule has 78 valence electrons. The number of hydrogen-bond acceptors (Lipinski definition) is 3. The van der Waals surface area contributed by atoms with Gasteiger partial charge in [-0.1, -0.05) is 20.8 Å². The smallest absolute Gasteiger partial charge is 0.151 e. The van der Waals surface area contributed by atoms with Crippen molar-refractivity contribution in [3.63, 3.8) is 0 Å². The topological polar surface area (TPSA) is 49.3 Å². The molecular formula is C10H21NO2. The van der Waals surface area contributed by atoms with E-state index >= 15 is 0 Å². The summed E-state index contributed by atoms with van der Waals surface area (Å²) < 4.78 is 0. The van der Waals surface area contributed by atoms with Crippen LogP contribution in [-0.2, 0) is 4.79 Å². The van der Waals surface area contributed by atoms with E-state index in [2.05, 4.69) is 26.1 Å². The average Bonchev–Trinajstić information content (AvgIpc) is 1.98. The summed E-state index contributed by atoms with van der Waals surface area (Å²) in [5, 5.41) is 12.2. The largest absolute Gasteiger partial charge is 0.394 e. The summed E-state index contributed by atoms with van der Waals surface area (Å²) in [5.41, 5.74) is -0.667. The van der Waals surface area contributed by atoms with Crippen LogP contribution in [0.15, 0.2) is 0 Å². The van der Waals surface area contributed by atoms with Crippen molar-refractivity contribution in [1.82, 2.24) is 5.32 Å². The number of carbonyl (C=O) groups excluding carboxylic acids is 1. The second-order valence-electron chi connectivity index (χ2n) is 4.96. The second-order valence-corrected chi connectivity index (χ2v) is 4.96. The van der Waals surface area contributed by atoms with Crippen LogP contribution in [0, 0.1) is 5.41 Å². The quantitative estimate of drug-likeness (QED) is 0.689. The summed E-state index contributed by atoms with van der Waals surface area (Å²) in [6.45, 7) is 10.0. The van der Waals surface area contributed by atoms with Crippen molar-refractivity contribution in [2.75, 3.05) is 13.2 Å². The number of carbonyl (C=O) groups is 1. The van der Waals surface area contributed by atoms with Crippen molar-refractivity contribution in [3.8, 4) is 0 Å². The molecule has 13 heavy (non-hydrogen) atoms. The SMILES string of the molecule is CC(=O)C(C)(CO)NCC(C)(C)C. The predicted octanol–water partition coefficient (Wildman–Crippen LogP) is 0.962. The predicted molar refractivity (Wildman–Crippen MR) is 53.6 cm³/mol. The number of hydrogen-bond donors (Lipinski definition) is 2. The standard InChI is InChI=1S/C10H21NO2/c1-8(13)10(5,7-12)11-6-9(2,3)4/h11-12H,6-7H2,1-5H3. The maximum absolute atomic E-state index is 11.2. The van der Waals surface area contributed by atoms with E-state index < -0.39 is 5.54 Å². The highest BCUT2D eigenvalue weighted by Gasteiger charge is 2.29. The minimum atomic E-state index is -0.784. The van der Waals surface area contributed by atoms with E-state index in [0.29, 0.717) is 6.54 Å². The third-order valence-corrected chi connectivity index (χ3v) is 2.10. The fourth-order valence-electron chi connectivity index (χ4n) is 0.752. The van der Waals surface area contributed by atoms with E-state index in [1.807, 2.05) is 0 Å². The maximum atomic E-state index is 11.2. The molecule has 1 unspecified atom stereocenters. The lowest BCUT2D eigenvalue weighted by Gasteiger charge is -2.30. The Balaban J connectivity index is 4.22. The van der Waals surface area contributed by atoms with Crippen LogP contribution in [0.5, 0.6) is 0 Å². The van der Waals surface area contributed by atoms with Crippen molar-refractivity contribution in [1.29, 1.82) is 0 Å². The van der Waals surface area contributed by atoms with Crippen LogP contribution >= 0.6 is 0 Å². The van der Waals surface area contributed by atoms with E-state index in [9.17, 15) is 4.79 Å². The van der Waals surface area contributed by atoms with Crippen LogP contribution in [-0.4, -0.2) is 29.6 Å². The molecular weight excluding hydrogens is 166 g/mol. The molecule has 0 saturated carbocycles. The van der Waals surface area contributed by atoms with Gasteiger partial charge in [0, 0.05) is 6.54 Å². The zero-order valence-corrected chi connectivity index (χ0v) is 9.27. The average molecular weight is 187 g/mol. The lowest BCUT2D eigenvalue weighted by molar-refractivity contribution is -0.124. The molecule has 0 spiro atoms. The summed E-state index contributed by atoms with van der Waals surface area (Å²) >= 11 is 0. The summed E-state index contributed by atoms with van der Waals surface area (Å²) in [4.78, 5) is 11.2. The fraction of sp³-hybridized carbons (Fsp3) is 0.900. The van der Waals surface area contributed by atoms with Gasteiger partial charge in [-0.15, -0.1) is 0 Å². The fourth-order valence-corrected chi connectivity index (χ4v) is 0.752. The first-order valence-corrected chi connectivity index (χ1v) is 4.58. The Morgan fingerprint density at radius 3 is 2.00 bits per heavy atom. The minimum Gasteiger partial charge on any atom is -0.394 e. The highest BCUT2D eigenvalue weighted by Crippen LogP contribution is 2.13. The monoisotopic (exact) mass is 187 g/mol. The van der Waals surface area contributed by atoms with Gasteiger partial charge >= 0.3 is 0 Å². The maximum Gasteiger partial charge on any atom is 0.151 e. The Morgan fingerprint density at radius 2 is 1.77 bits per heavy atom. The van der Waals surface area contributed by atoms with Crippen LogP contribution in [0.3, 0.4) is 0 Å². The molecule has 2 N–H and O–H groups in total. The molecule has 0 aromatic carbocycles. The van der Waals surface area contributed by atoms with Gasteiger partial charge in [0.05, 0.1) is 12.1 Å². The first kappa shape index (κ1) is 12.6. The van der Waals surface area contributed by atoms with Crippen molar-refractivity contribution in [2.24, 2.45) is 5.41 Å². The molecule has 0 bridgehead atoms. The molecule has 3 heteroatoms. The number of nitrogens with one attached hydrogen (secondary N) is 1. The van der Waals surface area contributed by atoms with Crippen molar-refractivity contribution < 1.29 is 9.90 Å². The van der Waals surface area contributed by atoms with E-state index in [4.69, 9.17) is 5.11 Å². The molecule has 0 radical (unpaired) electrons. The molecule has 0 aromatic rings. The Bertz CT molecular complexity index is 184. The van der Waals surface area contributed by atoms with Crippen LogP contribution in [0.2, 0.25) is 0 Å². The van der Waals surface area contributed by atoms with Crippen LogP contribution in [0.25, 0.3) is 0 Å². The third-order valence-electron chi connectivity index (χ3n) is 2.10. The molecule has 0 saturated heterocycles. The number of aliphatic hydroxyl groups is 1. The Hall–Kier alpha value is -0.410. The second kappa shape index (κ2) is 4.20. The van der Waals surface area contributed by atoms with Crippen LogP contribution in [0.1, 0.15) is 34.6 Å². The van der Waals surface area contributed by atoms with E-state index in [1.54, 1.807) is 6.92 Å². The number of rotatable bonds is 4. The molecule has 0 amide bonds. The molecule has 3 nitrogen and oxygen atoms in total. The number of aliphatic hydroxyl groups excluding tert-OH is 1. The molecule has 0 aliphatic rings. The molecule has 0 aromatic heterocycles. The van der Waals surface area contributed by atoms with Gasteiger partial charge in [-0.05, 0) is 19.3 Å². The normalized spacial score (nSPS) is 16.8. The van der Waals surface area contributed by atoms with E-state index in [0.717, 1.165) is 0 Å². The van der Waals surface area contributed by atoms with Crippen molar-refractivity contribution in [3.05, 3.63) is 0 Å². The zero-order chi connectivity index (χ0) is 10.7. The Labute approximate surface area is 80.5 Å². The minimum absolute atomic E-state index is 0.0285. The summed E-state index contributed by atoms with van der Waals surface area (Å²) in [5.74, 6) is -0.0285. The van der Waals surface area contributed by atoms with Gasteiger partial charge in [0.25, 0.3) is 0 Å². The van der Waals surface area contributed by atoms with Gasteiger partial charge in [-0.2, -0.15) is 0 Å². The molecule has 1 atom stereocenters. The van der Waals surface area contributed by atoms with Crippen molar-refractivity contribution in [2.45, 2.75) is 40.2 Å². The van der Waals surface area contributed by atoms with Crippen molar-refractivity contribution >= 4 is 5.78 Å². The van der Waals surface area contributed by atoms with Gasteiger partial charge in [0.2, 0.25) is 0 Å². The van der Waals surface area contributed by atoms with Gasteiger partial charge in [-0.25, -0.2) is 0 Å². The first-order valence-electron chi connectivity index (χ1n) is 4.58. The van der Waals surface area contributed by atoms with Gasteiger partial charge in [0.15, 0.2) is 5.78 Å².